The van der Waals surface area contributed by atoms with Gasteiger partial charge in [0.25, 0.3) is 5.91 Å². The van der Waals surface area contributed by atoms with E-state index in [1.165, 1.54) is 0 Å². The monoisotopic (exact) mass is 480 g/mol. The Morgan fingerprint density at radius 3 is 2.46 bits per heavy atom. The quantitative estimate of drug-likeness (QED) is 0.648. The summed E-state index contributed by atoms with van der Waals surface area (Å²) in [7, 11) is 0. The molecule has 0 radical (unpaired) electrons. The van der Waals surface area contributed by atoms with Gasteiger partial charge in [0.2, 0.25) is 17.7 Å². The van der Waals surface area contributed by atoms with Gasteiger partial charge in [0, 0.05) is 50.5 Å². The van der Waals surface area contributed by atoms with Gasteiger partial charge in [0.1, 0.15) is 0 Å². The number of rotatable bonds is 5. The molecule has 0 aliphatic carbocycles. The Balaban J connectivity index is 1.30. The van der Waals surface area contributed by atoms with E-state index < -0.39 is 0 Å². The third-order valence-corrected chi connectivity index (χ3v) is 7.91. The van der Waals surface area contributed by atoms with Crippen LogP contribution in [0.15, 0.2) is 22.7 Å². The van der Waals surface area contributed by atoms with Crippen LogP contribution in [0.1, 0.15) is 85.7 Å². The summed E-state index contributed by atoms with van der Waals surface area (Å²) in [5.74, 6) is 1.65. The number of hydrogen-bond acceptors (Lipinski definition) is 7. The van der Waals surface area contributed by atoms with Crippen LogP contribution in [-0.4, -0.2) is 81.0 Å². The Hall–Kier alpha value is -2.81. The first kappa shape index (κ1) is 23.9. The number of amides is 2. The van der Waals surface area contributed by atoms with Crippen LogP contribution in [0.2, 0.25) is 0 Å². The lowest BCUT2D eigenvalue weighted by Gasteiger charge is -2.39. The molecule has 0 N–H and O–H groups in total. The largest absolute Gasteiger partial charge is 0.423 e. The maximum atomic E-state index is 13.0. The minimum Gasteiger partial charge on any atom is -0.423 e. The fourth-order valence-corrected chi connectivity index (χ4v) is 5.73. The van der Waals surface area contributed by atoms with Crippen molar-refractivity contribution in [3.05, 3.63) is 41.4 Å². The molecule has 2 aromatic rings. The van der Waals surface area contributed by atoms with Gasteiger partial charge in [-0.2, -0.15) is 0 Å². The molecule has 2 amide bonds. The van der Waals surface area contributed by atoms with Crippen molar-refractivity contribution in [1.82, 2.24) is 29.9 Å². The molecule has 35 heavy (non-hydrogen) atoms. The predicted molar refractivity (Wildman–Crippen MR) is 130 cm³/mol. The van der Waals surface area contributed by atoms with Crippen LogP contribution < -0.4 is 0 Å². The van der Waals surface area contributed by atoms with Crippen molar-refractivity contribution < 1.29 is 14.0 Å². The highest BCUT2D eigenvalue weighted by molar-refractivity contribution is 5.94. The summed E-state index contributed by atoms with van der Waals surface area (Å²) < 4.78 is 6.07. The zero-order valence-corrected chi connectivity index (χ0v) is 21.1. The van der Waals surface area contributed by atoms with E-state index in [-0.39, 0.29) is 29.2 Å². The Bertz CT molecular complexity index is 1050. The summed E-state index contributed by atoms with van der Waals surface area (Å²) in [5.41, 5.74) is 1.58. The van der Waals surface area contributed by atoms with Crippen LogP contribution >= 0.6 is 0 Å². The van der Waals surface area contributed by atoms with E-state index in [1.807, 2.05) is 42.7 Å². The number of nitrogens with zero attached hydrogens (tertiary/aromatic N) is 6. The standard InChI is InChI=1S/C26H36N6O3/c1-18(2)23-28-29-24(35-23)21-14-26(17-32(21)16-22(33)30-10-4-5-11-30)8-12-31(13-9-26)25(34)20-7-6-19(3)27-15-20/h6-7,15,18,21H,4-5,8-14,16-17H2,1-3H3. The molecular weight excluding hydrogens is 444 g/mol. The maximum Gasteiger partial charge on any atom is 0.255 e. The van der Waals surface area contributed by atoms with Gasteiger partial charge in [-0.1, -0.05) is 13.8 Å². The summed E-state index contributed by atoms with van der Waals surface area (Å²) in [5, 5.41) is 8.65. The second-order valence-corrected chi connectivity index (χ2v) is 10.8. The maximum absolute atomic E-state index is 13.0. The average molecular weight is 481 g/mol. The molecule has 3 fully saturated rings. The van der Waals surface area contributed by atoms with Crippen LogP contribution in [0, 0.1) is 12.3 Å². The predicted octanol–water partition coefficient (Wildman–Crippen LogP) is 3.19. The molecule has 0 saturated carbocycles. The number of piperidine rings is 1. The SMILES string of the molecule is Cc1ccc(C(=O)N2CCC3(CC2)CC(c2nnc(C(C)C)o2)N(CC(=O)N2CCCC2)C3)cn1. The van der Waals surface area contributed by atoms with Crippen LogP contribution in [0.3, 0.4) is 0 Å². The van der Waals surface area contributed by atoms with E-state index >= 15 is 0 Å². The van der Waals surface area contributed by atoms with Gasteiger partial charge in [0.15, 0.2) is 0 Å². The van der Waals surface area contributed by atoms with E-state index in [4.69, 9.17) is 4.42 Å². The lowest BCUT2D eigenvalue weighted by Crippen LogP contribution is -2.45. The normalized spacial score (nSPS) is 22.5. The molecule has 1 unspecified atom stereocenters. The molecule has 0 bridgehead atoms. The first-order valence-corrected chi connectivity index (χ1v) is 12.9. The van der Waals surface area contributed by atoms with E-state index in [1.54, 1.807) is 6.20 Å². The number of carbonyl (C=O) groups is 2. The van der Waals surface area contributed by atoms with E-state index in [2.05, 4.69) is 20.1 Å². The number of aromatic nitrogens is 3. The van der Waals surface area contributed by atoms with E-state index in [0.717, 1.165) is 57.4 Å². The molecular formula is C26H36N6O3. The lowest BCUT2D eigenvalue weighted by molar-refractivity contribution is -0.131. The molecule has 0 aromatic carbocycles. The Labute approximate surface area is 206 Å². The van der Waals surface area contributed by atoms with Crippen molar-refractivity contribution >= 4 is 11.8 Å². The van der Waals surface area contributed by atoms with Crippen LogP contribution in [0.5, 0.6) is 0 Å². The molecule has 9 heteroatoms. The molecule has 3 aliphatic heterocycles. The lowest BCUT2D eigenvalue weighted by atomic mass is 9.76. The number of pyridine rings is 1. The summed E-state index contributed by atoms with van der Waals surface area (Å²) in [6, 6.07) is 3.67. The van der Waals surface area contributed by atoms with Gasteiger partial charge in [-0.3, -0.25) is 19.5 Å². The number of likely N-dealkylation sites (tertiary alicyclic amines) is 3. The van der Waals surface area contributed by atoms with Crippen molar-refractivity contribution in [3.63, 3.8) is 0 Å². The van der Waals surface area contributed by atoms with Crippen molar-refractivity contribution in [3.8, 4) is 0 Å². The number of aryl methyl sites for hydroxylation is 1. The van der Waals surface area contributed by atoms with E-state index in [9.17, 15) is 9.59 Å². The molecule has 188 valence electrons. The Kier molecular flexibility index (Phi) is 6.61. The minimum absolute atomic E-state index is 0.0325. The zero-order valence-electron chi connectivity index (χ0n) is 21.1. The summed E-state index contributed by atoms with van der Waals surface area (Å²) in [6.07, 6.45) is 6.50. The van der Waals surface area contributed by atoms with Gasteiger partial charge in [-0.15, -0.1) is 10.2 Å². The van der Waals surface area contributed by atoms with Gasteiger partial charge in [0.05, 0.1) is 18.2 Å². The smallest absolute Gasteiger partial charge is 0.255 e. The molecule has 1 atom stereocenters. The number of carbonyl (C=O) groups excluding carboxylic acids is 2. The molecule has 5 rings (SSSR count). The fourth-order valence-electron chi connectivity index (χ4n) is 5.73. The van der Waals surface area contributed by atoms with Crippen LogP contribution in [0.25, 0.3) is 0 Å². The first-order valence-electron chi connectivity index (χ1n) is 12.9. The van der Waals surface area contributed by atoms with Gasteiger partial charge < -0.3 is 14.2 Å². The summed E-state index contributed by atoms with van der Waals surface area (Å²) in [4.78, 5) is 36.5. The van der Waals surface area contributed by atoms with Gasteiger partial charge in [-0.05, 0) is 56.6 Å². The third-order valence-electron chi connectivity index (χ3n) is 7.91. The van der Waals surface area contributed by atoms with Crippen molar-refractivity contribution in [2.45, 2.75) is 64.8 Å². The molecule has 2 aromatic heterocycles. The molecule has 9 nitrogen and oxygen atoms in total. The Morgan fingerprint density at radius 1 is 1.09 bits per heavy atom. The molecule has 3 aliphatic rings. The summed E-state index contributed by atoms with van der Waals surface area (Å²) >= 11 is 0. The molecule has 3 saturated heterocycles. The highest BCUT2D eigenvalue weighted by Crippen LogP contribution is 2.49. The van der Waals surface area contributed by atoms with Gasteiger partial charge >= 0.3 is 0 Å². The second-order valence-electron chi connectivity index (χ2n) is 10.8. The van der Waals surface area contributed by atoms with Crippen molar-refractivity contribution in [2.75, 3.05) is 39.3 Å². The first-order chi connectivity index (χ1) is 16.8. The summed E-state index contributed by atoms with van der Waals surface area (Å²) in [6.45, 7) is 10.3. The zero-order chi connectivity index (χ0) is 24.6. The fraction of sp³-hybridized carbons (Fsp3) is 0.654. The van der Waals surface area contributed by atoms with Gasteiger partial charge in [-0.25, -0.2) is 0 Å². The van der Waals surface area contributed by atoms with Crippen LogP contribution in [-0.2, 0) is 4.79 Å². The third kappa shape index (κ3) is 4.96. The van der Waals surface area contributed by atoms with Crippen molar-refractivity contribution in [2.24, 2.45) is 5.41 Å². The highest BCUT2D eigenvalue weighted by atomic mass is 16.4. The number of hydrogen-bond donors (Lipinski definition) is 0. The van der Waals surface area contributed by atoms with Crippen molar-refractivity contribution in [1.29, 1.82) is 0 Å². The average Bonchev–Trinajstić information content (AvgIpc) is 3.60. The molecule has 5 heterocycles. The highest BCUT2D eigenvalue weighted by Gasteiger charge is 2.49. The van der Waals surface area contributed by atoms with E-state index in [0.29, 0.717) is 37.0 Å². The minimum atomic E-state index is -0.0647. The molecule has 1 spiro atoms. The second kappa shape index (κ2) is 9.68. The van der Waals surface area contributed by atoms with Crippen LogP contribution in [0.4, 0.5) is 0 Å². The Morgan fingerprint density at radius 2 is 1.83 bits per heavy atom. The topological polar surface area (TPSA) is 95.7 Å².